The molecule has 3 heterocycles. The number of fused-ring (bicyclic) bond motifs is 3. The summed E-state index contributed by atoms with van der Waals surface area (Å²) in [6.45, 7) is 4.04. The lowest BCUT2D eigenvalue weighted by atomic mass is 9.89. The van der Waals surface area contributed by atoms with E-state index >= 15 is 0 Å². The average molecular weight is 720 g/mol. The number of nitrogens with one attached hydrogen (secondary N) is 2. The third-order valence-electron chi connectivity index (χ3n) is 9.99. The Kier molecular flexibility index (Phi) is 11.2. The standard InChI is InChI=1S/C34H46FN5O9S/c1-6-24(17-35)50(45,46)39-32(44)34-16-21(34)10-8-7-9-19(2)13-20(3)28(41)31(43)40-18-23(15-27(40)29(42)38-34)49-30-25-12-11-22(47-4)14-26(25)36-33(37-30)48-5/h8,10-12,14,19-21,23-24,27-28,41H,6-7,9,13,15-18H2,1-5H3,(H,38,42)(H,39,44). The molecule has 2 fully saturated rings. The van der Waals surface area contributed by atoms with Crippen molar-refractivity contribution in [1.82, 2.24) is 24.9 Å². The van der Waals surface area contributed by atoms with E-state index in [-0.39, 0.29) is 43.6 Å². The molecular weight excluding hydrogens is 673 g/mol. The van der Waals surface area contributed by atoms with E-state index in [1.165, 1.54) is 26.0 Å². The van der Waals surface area contributed by atoms with E-state index in [9.17, 15) is 32.3 Å². The van der Waals surface area contributed by atoms with Gasteiger partial charge in [0.05, 0.1) is 31.7 Å². The van der Waals surface area contributed by atoms with Crippen LogP contribution < -0.4 is 24.2 Å². The van der Waals surface area contributed by atoms with Crippen molar-refractivity contribution in [1.29, 1.82) is 0 Å². The molecule has 0 radical (unpaired) electrons. The van der Waals surface area contributed by atoms with Crippen LogP contribution in [-0.2, 0) is 24.4 Å². The zero-order chi connectivity index (χ0) is 36.4. The molecule has 1 aromatic carbocycles. The van der Waals surface area contributed by atoms with Gasteiger partial charge in [0.2, 0.25) is 21.8 Å². The summed E-state index contributed by atoms with van der Waals surface area (Å²) < 4.78 is 58.2. The lowest BCUT2D eigenvalue weighted by Crippen LogP contribution is -2.58. The number of alkyl halides is 1. The summed E-state index contributed by atoms with van der Waals surface area (Å²) in [4.78, 5) is 51.7. The van der Waals surface area contributed by atoms with Gasteiger partial charge in [0.25, 0.3) is 11.8 Å². The second-order valence-electron chi connectivity index (χ2n) is 13.6. The van der Waals surface area contributed by atoms with Crippen molar-refractivity contribution >= 4 is 38.6 Å². The van der Waals surface area contributed by atoms with Crippen molar-refractivity contribution in [2.45, 2.75) is 88.3 Å². The number of aliphatic hydroxyl groups is 1. The predicted octanol–water partition coefficient (Wildman–Crippen LogP) is 2.44. The number of sulfonamides is 1. The van der Waals surface area contributed by atoms with Gasteiger partial charge in [0.15, 0.2) is 0 Å². The smallest absolute Gasteiger partial charge is 0.320 e. The first-order chi connectivity index (χ1) is 23.8. The van der Waals surface area contributed by atoms with Gasteiger partial charge in [-0.2, -0.15) is 9.97 Å². The first-order valence-corrected chi connectivity index (χ1v) is 18.5. The molecule has 3 amide bonds. The van der Waals surface area contributed by atoms with Crippen LogP contribution in [0.2, 0.25) is 0 Å². The predicted molar refractivity (Wildman–Crippen MR) is 181 cm³/mol. The molecule has 8 unspecified atom stereocenters. The summed E-state index contributed by atoms with van der Waals surface area (Å²) in [7, 11) is -1.46. The summed E-state index contributed by atoms with van der Waals surface area (Å²) in [5, 5.41) is 13.1. The van der Waals surface area contributed by atoms with E-state index in [1.54, 1.807) is 31.2 Å². The number of allylic oxidation sites excluding steroid dienone is 1. The van der Waals surface area contributed by atoms with Crippen LogP contribution in [0, 0.1) is 17.8 Å². The Bertz CT molecular complexity index is 1730. The molecule has 5 rings (SSSR count). The molecule has 1 aromatic heterocycles. The monoisotopic (exact) mass is 719 g/mol. The van der Waals surface area contributed by atoms with Gasteiger partial charge < -0.3 is 29.5 Å². The Balaban J connectivity index is 1.48. The fourth-order valence-corrected chi connectivity index (χ4v) is 8.05. The number of hydrogen-bond acceptors (Lipinski definition) is 11. The lowest BCUT2D eigenvalue weighted by Gasteiger charge is -2.30. The minimum Gasteiger partial charge on any atom is -0.497 e. The van der Waals surface area contributed by atoms with Crippen molar-refractivity contribution in [3.63, 3.8) is 0 Å². The quantitative estimate of drug-likeness (QED) is 0.323. The number of hydrogen-bond donors (Lipinski definition) is 3. The van der Waals surface area contributed by atoms with Gasteiger partial charge in [-0.05, 0) is 56.1 Å². The molecule has 0 bridgehead atoms. The topological polar surface area (TPSA) is 186 Å². The maximum atomic E-state index is 14.1. The number of carbonyl (C=O) groups is 3. The molecule has 0 spiro atoms. The zero-order valence-corrected chi connectivity index (χ0v) is 29.7. The molecule has 3 N–H and O–H groups in total. The fraction of sp³-hybridized carbons (Fsp3) is 0.618. The van der Waals surface area contributed by atoms with Crippen LogP contribution in [0.5, 0.6) is 17.6 Å². The third-order valence-corrected chi connectivity index (χ3v) is 11.8. The number of halogens is 1. The maximum absolute atomic E-state index is 14.1. The molecule has 1 saturated heterocycles. The van der Waals surface area contributed by atoms with Gasteiger partial charge >= 0.3 is 6.01 Å². The normalized spacial score (nSPS) is 29.5. The third kappa shape index (κ3) is 7.65. The van der Waals surface area contributed by atoms with Crippen LogP contribution in [0.15, 0.2) is 30.4 Å². The van der Waals surface area contributed by atoms with Crippen molar-refractivity contribution in [2.75, 3.05) is 27.4 Å². The number of carbonyl (C=O) groups excluding carboxylic acids is 3. The number of aliphatic hydroxyl groups excluding tert-OH is 1. The van der Waals surface area contributed by atoms with Gasteiger partial charge in [-0.1, -0.05) is 32.9 Å². The number of ether oxygens (including phenoxy) is 3. The number of methoxy groups -OCH3 is 2. The first kappa shape index (κ1) is 37.2. The Morgan fingerprint density at radius 3 is 2.64 bits per heavy atom. The molecule has 2 aliphatic heterocycles. The van der Waals surface area contributed by atoms with Crippen LogP contribution in [0.4, 0.5) is 4.39 Å². The van der Waals surface area contributed by atoms with Crippen LogP contribution in [-0.4, -0.2) is 103 Å². The molecule has 50 heavy (non-hydrogen) atoms. The van der Waals surface area contributed by atoms with Gasteiger partial charge in [-0.15, -0.1) is 0 Å². The van der Waals surface area contributed by atoms with Crippen LogP contribution in [0.1, 0.15) is 59.3 Å². The van der Waals surface area contributed by atoms with E-state index in [4.69, 9.17) is 14.2 Å². The summed E-state index contributed by atoms with van der Waals surface area (Å²) >= 11 is 0. The molecule has 274 valence electrons. The van der Waals surface area contributed by atoms with E-state index < -0.39 is 75.3 Å². The molecular formula is C34H46FN5O9S. The highest BCUT2D eigenvalue weighted by Gasteiger charge is 2.62. The van der Waals surface area contributed by atoms with E-state index in [0.717, 1.165) is 6.42 Å². The Hall–Kier alpha value is -4.05. The number of amides is 3. The summed E-state index contributed by atoms with van der Waals surface area (Å²) in [5.41, 5.74) is -1.17. The van der Waals surface area contributed by atoms with Crippen LogP contribution >= 0.6 is 0 Å². The Morgan fingerprint density at radius 1 is 1.20 bits per heavy atom. The van der Waals surface area contributed by atoms with Crippen LogP contribution in [0.25, 0.3) is 10.9 Å². The highest BCUT2D eigenvalue weighted by Crippen LogP contribution is 2.46. The Morgan fingerprint density at radius 2 is 1.96 bits per heavy atom. The van der Waals surface area contributed by atoms with E-state index in [0.29, 0.717) is 29.5 Å². The average Bonchev–Trinajstić information content (AvgIpc) is 3.62. The summed E-state index contributed by atoms with van der Waals surface area (Å²) in [6.07, 6.45) is 3.44. The number of nitrogens with zero attached hydrogens (tertiary/aromatic N) is 3. The minimum absolute atomic E-state index is 0.0228. The summed E-state index contributed by atoms with van der Waals surface area (Å²) in [5.74, 6) is -2.48. The van der Waals surface area contributed by atoms with Gasteiger partial charge in [-0.25, -0.2) is 12.8 Å². The van der Waals surface area contributed by atoms with Crippen molar-refractivity contribution in [2.24, 2.45) is 17.8 Å². The molecule has 14 nitrogen and oxygen atoms in total. The van der Waals surface area contributed by atoms with Gasteiger partial charge in [0, 0.05) is 18.4 Å². The minimum atomic E-state index is -4.38. The lowest BCUT2D eigenvalue weighted by molar-refractivity contribution is -0.148. The second-order valence-corrected chi connectivity index (χ2v) is 15.5. The van der Waals surface area contributed by atoms with Crippen molar-refractivity contribution in [3.8, 4) is 17.6 Å². The Labute approximate surface area is 291 Å². The molecule has 2 aromatic rings. The number of aromatic nitrogens is 2. The maximum Gasteiger partial charge on any atom is 0.320 e. The van der Waals surface area contributed by atoms with Gasteiger partial charge in [-0.3, -0.25) is 19.1 Å². The molecule has 8 atom stereocenters. The molecule has 1 aliphatic carbocycles. The number of benzene rings is 1. The summed E-state index contributed by atoms with van der Waals surface area (Å²) in [6, 6.07) is 3.94. The SMILES string of the molecule is CCC(CF)S(=O)(=O)NC(=O)C12CC1C=CCCC(C)CC(C)C(O)C(=O)N1CC(Oc3nc(OC)nc4cc(OC)ccc34)CC1C(=O)N2. The highest BCUT2D eigenvalue weighted by atomic mass is 32.2. The van der Waals surface area contributed by atoms with Crippen molar-refractivity contribution in [3.05, 3.63) is 30.4 Å². The van der Waals surface area contributed by atoms with E-state index in [2.05, 4.69) is 15.3 Å². The largest absolute Gasteiger partial charge is 0.497 e. The first-order valence-electron chi connectivity index (χ1n) is 16.9. The zero-order valence-electron chi connectivity index (χ0n) is 28.9. The van der Waals surface area contributed by atoms with Crippen molar-refractivity contribution < 1.29 is 46.5 Å². The van der Waals surface area contributed by atoms with Crippen LogP contribution in [0.3, 0.4) is 0 Å². The highest BCUT2D eigenvalue weighted by molar-refractivity contribution is 7.90. The van der Waals surface area contributed by atoms with Gasteiger partial charge in [0.1, 0.15) is 41.5 Å². The molecule has 16 heteroatoms. The fourth-order valence-electron chi connectivity index (χ4n) is 6.84. The number of rotatable bonds is 9. The van der Waals surface area contributed by atoms with E-state index in [1.807, 2.05) is 17.7 Å². The molecule has 3 aliphatic rings. The molecule has 1 saturated carbocycles. The second kappa shape index (κ2) is 15.1.